The van der Waals surface area contributed by atoms with E-state index in [0.29, 0.717) is 5.95 Å². The largest absolute Gasteiger partial charge is 0.276 e. The molecule has 46 heavy (non-hydrogen) atoms. The van der Waals surface area contributed by atoms with Crippen molar-refractivity contribution in [1.82, 2.24) is 23.9 Å². The maximum atomic E-state index is 5.17. The molecule has 5 nitrogen and oxygen atoms in total. The molecule has 3 aromatic heterocycles. The second kappa shape index (κ2) is 10.7. The van der Waals surface area contributed by atoms with Gasteiger partial charge in [-0.2, -0.15) is 0 Å². The van der Waals surface area contributed by atoms with E-state index in [2.05, 4.69) is 130 Å². The van der Waals surface area contributed by atoms with Crippen molar-refractivity contribution in [2.75, 3.05) is 0 Å². The molecule has 9 rings (SSSR count). The van der Waals surface area contributed by atoms with E-state index in [-0.39, 0.29) is 0 Å². The van der Waals surface area contributed by atoms with Gasteiger partial charge in [0.25, 0.3) is 0 Å². The van der Waals surface area contributed by atoms with Gasteiger partial charge in [-0.15, -0.1) is 0 Å². The summed E-state index contributed by atoms with van der Waals surface area (Å²) < 4.78 is 4.33. The SMILES string of the molecule is c1ccc(-c2cc(-c3ccccc3)nc(-n3c4ccc(-c5ccccc5-c5ccccc5)cc4n4c5ccccc5nc34)n2)cc1. The molecular weight excluding hydrogens is 562 g/mol. The third kappa shape index (κ3) is 4.29. The molecular formula is C41H27N5. The first kappa shape index (κ1) is 26.1. The number of imidazole rings is 2. The summed E-state index contributed by atoms with van der Waals surface area (Å²) in [4.78, 5) is 15.5. The van der Waals surface area contributed by atoms with Crippen LogP contribution in [0.25, 0.3) is 78.6 Å². The highest BCUT2D eigenvalue weighted by molar-refractivity contribution is 5.95. The molecule has 0 N–H and O–H groups in total. The summed E-state index contributed by atoms with van der Waals surface area (Å²) >= 11 is 0. The maximum Gasteiger partial charge on any atom is 0.238 e. The predicted octanol–water partition coefficient (Wildman–Crippen LogP) is 9.89. The first-order valence-electron chi connectivity index (χ1n) is 15.4. The minimum Gasteiger partial charge on any atom is -0.276 e. The lowest BCUT2D eigenvalue weighted by atomic mass is 9.94. The van der Waals surface area contributed by atoms with Crippen LogP contribution in [0.5, 0.6) is 0 Å². The van der Waals surface area contributed by atoms with Gasteiger partial charge in [-0.05, 0) is 52.6 Å². The van der Waals surface area contributed by atoms with Gasteiger partial charge in [0, 0.05) is 11.1 Å². The molecule has 0 aliphatic heterocycles. The molecule has 0 bridgehead atoms. The van der Waals surface area contributed by atoms with Gasteiger partial charge in [-0.1, -0.05) is 133 Å². The van der Waals surface area contributed by atoms with Crippen LogP contribution in [0, 0.1) is 0 Å². The van der Waals surface area contributed by atoms with Crippen LogP contribution in [0.15, 0.2) is 164 Å². The van der Waals surface area contributed by atoms with E-state index in [9.17, 15) is 0 Å². The Kier molecular flexibility index (Phi) is 6.06. The van der Waals surface area contributed by atoms with E-state index in [0.717, 1.165) is 55.9 Å². The average molecular weight is 590 g/mol. The molecule has 0 amide bonds. The number of rotatable bonds is 5. The summed E-state index contributed by atoms with van der Waals surface area (Å²) in [7, 11) is 0. The second-order valence-corrected chi connectivity index (χ2v) is 11.4. The van der Waals surface area contributed by atoms with Crippen molar-refractivity contribution in [1.29, 1.82) is 0 Å². The van der Waals surface area contributed by atoms with E-state index in [1.807, 2.05) is 42.5 Å². The minimum absolute atomic E-state index is 0.577. The number of para-hydroxylation sites is 2. The number of fused-ring (bicyclic) bond motifs is 5. The normalized spacial score (nSPS) is 11.5. The number of benzene rings is 6. The van der Waals surface area contributed by atoms with Crippen molar-refractivity contribution >= 4 is 27.8 Å². The van der Waals surface area contributed by atoms with Gasteiger partial charge in [-0.25, -0.2) is 19.5 Å². The monoisotopic (exact) mass is 589 g/mol. The van der Waals surface area contributed by atoms with Gasteiger partial charge < -0.3 is 0 Å². The van der Waals surface area contributed by atoms with Crippen molar-refractivity contribution in [3.63, 3.8) is 0 Å². The molecule has 3 heterocycles. The Hall–Kier alpha value is -6.33. The molecule has 0 radical (unpaired) electrons. The lowest BCUT2D eigenvalue weighted by Crippen LogP contribution is -2.04. The number of hydrogen-bond donors (Lipinski definition) is 0. The number of aromatic nitrogens is 5. The van der Waals surface area contributed by atoms with E-state index in [4.69, 9.17) is 15.0 Å². The Morgan fingerprint density at radius 3 is 1.57 bits per heavy atom. The Morgan fingerprint density at radius 2 is 0.913 bits per heavy atom. The van der Waals surface area contributed by atoms with Gasteiger partial charge in [-0.3, -0.25) is 4.40 Å². The molecule has 5 heteroatoms. The number of nitrogens with zero attached hydrogens (tertiary/aromatic N) is 5. The lowest BCUT2D eigenvalue weighted by molar-refractivity contribution is 0.972. The predicted molar refractivity (Wildman–Crippen MR) is 187 cm³/mol. The van der Waals surface area contributed by atoms with E-state index in [1.54, 1.807) is 0 Å². The fraction of sp³-hybridized carbons (Fsp3) is 0. The molecule has 0 aliphatic carbocycles. The van der Waals surface area contributed by atoms with E-state index < -0.39 is 0 Å². The van der Waals surface area contributed by atoms with Gasteiger partial charge in [0.1, 0.15) is 0 Å². The third-order valence-electron chi connectivity index (χ3n) is 8.58. The van der Waals surface area contributed by atoms with Crippen LogP contribution in [-0.4, -0.2) is 23.9 Å². The quantitative estimate of drug-likeness (QED) is 0.201. The summed E-state index contributed by atoms with van der Waals surface area (Å²) in [6.07, 6.45) is 0. The van der Waals surface area contributed by atoms with Gasteiger partial charge >= 0.3 is 0 Å². The molecule has 0 saturated carbocycles. The minimum atomic E-state index is 0.577. The average Bonchev–Trinajstić information content (AvgIpc) is 3.67. The Labute approximate surface area is 265 Å². The van der Waals surface area contributed by atoms with Gasteiger partial charge in [0.2, 0.25) is 11.7 Å². The van der Waals surface area contributed by atoms with Crippen LogP contribution in [0.3, 0.4) is 0 Å². The zero-order valence-corrected chi connectivity index (χ0v) is 24.8. The second-order valence-electron chi connectivity index (χ2n) is 11.4. The maximum absolute atomic E-state index is 5.17. The molecule has 6 aromatic carbocycles. The Morgan fingerprint density at radius 1 is 0.370 bits per heavy atom. The zero-order valence-electron chi connectivity index (χ0n) is 24.8. The first-order chi connectivity index (χ1) is 22.8. The molecule has 0 fully saturated rings. The van der Waals surface area contributed by atoms with Crippen molar-refractivity contribution in [2.24, 2.45) is 0 Å². The molecule has 0 saturated heterocycles. The summed E-state index contributed by atoms with van der Waals surface area (Å²) in [5, 5.41) is 0. The Balaban J connectivity index is 1.34. The topological polar surface area (TPSA) is 48.0 Å². The molecule has 0 atom stereocenters. The molecule has 0 unspecified atom stereocenters. The van der Waals surface area contributed by atoms with Crippen molar-refractivity contribution in [3.05, 3.63) is 164 Å². The summed E-state index contributed by atoms with van der Waals surface area (Å²) in [5.41, 5.74) is 12.5. The van der Waals surface area contributed by atoms with Crippen LogP contribution >= 0.6 is 0 Å². The zero-order chi connectivity index (χ0) is 30.5. The number of hydrogen-bond acceptors (Lipinski definition) is 3. The highest BCUT2D eigenvalue weighted by atomic mass is 15.3. The van der Waals surface area contributed by atoms with Crippen molar-refractivity contribution < 1.29 is 0 Å². The first-order valence-corrected chi connectivity index (χ1v) is 15.4. The lowest BCUT2D eigenvalue weighted by Gasteiger charge is -2.12. The van der Waals surface area contributed by atoms with Crippen molar-refractivity contribution in [2.45, 2.75) is 0 Å². The van der Waals surface area contributed by atoms with Gasteiger partial charge in [0.05, 0.1) is 33.5 Å². The molecule has 216 valence electrons. The molecule has 0 spiro atoms. The van der Waals surface area contributed by atoms with Gasteiger partial charge in [0.15, 0.2) is 0 Å². The summed E-state index contributed by atoms with van der Waals surface area (Å²) in [6.45, 7) is 0. The van der Waals surface area contributed by atoms with Crippen LogP contribution in [0.1, 0.15) is 0 Å². The van der Waals surface area contributed by atoms with E-state index >= 15 is 0 Å². The van der Waals surface area contributed by atoms with E-state index in [1.165, 1.54) is 16.7 Å². The fourth-order valence-corrected chi connectivity index (χ4v) is 6.42. The van der Waals surface area contributed by atoms with Crippen molar-refractivity contribution in [3.8, 4) is 50.7 Å². The van der Waals surface area contributed by atoms with Crippen LogP contribution in [0.2, 0.25) is 0 Å². The highest BCUT2D eigenvalue weighted by Gasteiger charge is 2.21. The molecule has 0 aliphatic rings. The third-order valence-corrected chi connectivity index (χ3v) is 8.58. The summed E-state index contributed by atoms with van der Waals surface area (Å²) in [6, 6.07) is 56.7. The van der Waals surface area contributed by atoms with Crippen LogP contribution in [-0.2, 0) is 0 Å². The standard InChI is InChI=1S/C41H27N5/c1-4-14-28(15-5-1)32-20-10-11-21-33(32)31-24-25-38-39(26-31)45-37-23-13-12-22-34(37)44-41(45)46(38)40-42-35(29-16-6-2-7-17-29)27-36(43-40)30-18-8-3-9-19-30/h1-27H. The Bertz CT molecular complexity index is 2460. The smallest absolute Gasteiger partial charge is 0.238 e. The summed E-state index contributed by atoms with van der Waals surface area (Å²) in [5.74, 6) is 1.35. The highest BCUT2D eigenvalue weighted by Crippen LogP contribution is 2.36. The molecule has 9 aromatic rings. The van der Waals surface area contributed by atoms with Crippen LogP contribution < -0.4 is 0 Å². The fourth-order valence-electron chi connectivity index (χ4n) is 6.42. The van der Waals surface area contributed by atoms with Crippen LogP contribution in [0.4, 0.5) is 0 Å².